The molecule has 3 heterocycles. The Labute approximate surface area is 199 Å². The number of carbonyl (C=O) groups excluding carboxylic acids is 1. The molecule has 1 aromatic carbocycles. The second-order valence-electron chi connectivity index (χ2n) is 7.56. The van der Waals surface area contributed by atoms with Crippen LogP contribution in [0.15, 0.2) is 58.7 Å². The molecule has 170 valence electrons. The molecule has 1 atom stereocenters. The number of rotatable bonds is 8. The molecule has 0 aliphatic rings. The van der Waals surface area contributed by atoms with Crippen molar-refractivity contribution in [1.29, 1.82) is 0 Å². The number of ether oxygens (including phenoxy) is 1. The van der Waals surface area contributed by atoms with Crippen LogP contribution in [0.1, 0.15) is 18.2 Å². The van der Waals surface area contributed by atoms with E-state index < -0.39 is 6.10 Å². The Balaban J connectivity index is 1.40. The monoisotopic (exact) mass is 480 g/mol. The van der Waals surface area contributed by atoms with Crippen molar-refractivity contribution in [1.82, 2.24) is 20.1 Å². The largest absolute Gasteiger partial charge is 0.481 e. The van der Waals surface area contributed by atoms with Crippen LogP contribution in [0.3, 0.4) is 0 Å². The number of amides is 1. The van der Waals surface area contributed by atoms with Crippen molar-refractivity contribution >= 4 is 28.6 Å². The fraction of sp³-hybridized carbons (Fsp3) is 0.250. The van der Waals surface area contributed by atoms with E-state index in [-0.39, 0.29) is 24.6 Å². The highest BCUT2D eigenvalue weighted by Gasteiger charge is 2.16. The zero-order valence-corrected chi connectivity index (χ0v) is 20.2. The summed E-state index contributed by atoms with van der Waals surface area (Å²) < 4.78 is 7.07. The third-order valence-corrected chi connectivity index (χ3v) is 7.14. The Morgan fingerprint density at radius 2 is 2.03 bits per heavy atom. The summed E-state index contributed by atoms with van der Waals surface area (Å²) in [5.41, 5.74) is 2.40. The highest BCUT2D eigenvalue weighted by molar-refractivity contribution is 7.23. The van der Waals surface area contributed by atoms with Gasteiger partial charge in [0.05, 0.1) is 22.0 Å². The van der Waals surface area contributed by atoms with E-state index in [0.717, 1.165) is 26.0 Å². The van der Waals surface area contributed by atoms with Crippen LogP contribution in [0.5, 0.6) is 5.75 Å². The van der Waals surface area contributed by atoms with E-state index in [9.17, 15) is 9.59 Å². The number of thiophene rings is 1. The van der Waals surface area contributed by atoms with Crippen LogP contribution >= 0.6 is 22.7 Å². The molecule has 0 aliphatic carbocycles. The molecule has 9 heteroatoms. The molecule has 0 bridgehead atoms. The van der Waals surface area contributed by atoms with Gasteiger partial charge in [-0.1, -0.05) is 18.2 Å². The molecule has 0 aliphatic heterocycles. The summed E-state index contributed by atoms with van der Waals surface area (Å²) in [7, 11) is 0. The van der Waals surface area contributed by atoms with E-state index in [1.54, 1.807) is 35.7 Å². The van der Waals surface area contributed by atoms with Crippen LogP contribution in [0.25, 0.3) is 20.5 Å². The molecule has 0 spiro atoms. The third kappa shape index (κ3) is 5.55. The van der Waals surface area contributed by atoms with E-state index in [2.05, 4.69) is 15.4 Å². The number of benzene rings is 1. The van der Waals surface area contributed by atoms with Crippen LogP contribution < -0.4 is 15.6 Å². The molecular formula is C24H24N4O3S2. The summed E-state index contributed by atoms with van der Waals surface area (Å²) in [6.07, 6.45) is -0.654. The van der Waals surface area contributed by atoms with Crippen molar-refractivity contribution in [3.8, 4) is 26.2 Å². The van der Waals surface area contributed by atoms with Crippen LogP contribution in [-0.2, 0) is 11.3 Å². The summed E-state index contributed by atoms with van der Waals surface area (Å²) in [5, 5.41) is 10.3. The van der Waals surface area contributed by atoms with Gasteiger partial charge < -0.3 is 10.1 Å². The molecule has 7 nitrogen and oxygen atoms in total. The van der Waals surface area contributed by atoms with Gasteiger partial charge in [-0.3, -0.25) is 9.59 Å². The first-order valence-corrected chi connectivity index (χ1v) is 12.2. The van der Waals surface area contributed by atoms with Crippen LogP contribution in [0.4, 0.5) is 0 Å². The van der Waals surface area contributed by atoms with Crippen molar-refractivity contribution in [2.45, 2.75) is 33.4 Å². The minimum absolute atomic E-state index is 0.224. The van der Waals surface area contributed by atoms with Crippen molar-refractivity contribution in [2.75, 3.05) is 6.54 Å². The second kappa shape index (κ2) is 10.1. The van der Waals surface area contributed by atoms with Crippen molar-refractivity contribution in [2.24, 2.45) is 0 Å². The number of nitrogens with zero attached hydrogens (tertiary/aromatic N) is 3. The molecule has 0 radical (unpaired) electrons. The topological polar surface area (TPSA) is 86.1 Å². The molecule has 0 saturated carbocycles. The first kappa shape index (κ1) is 22.9. The predicted octanol–water partition coefficient (Wildman–Crippen LogP) is 4.30. The average Bonchev–Trinajstić information content (AvgIpc) is 3.45. The van der Waals surface area contributed by atoms with Gasteiger partial charge in [-0.05, 0) is 56.0 Å². The quantitative estimate of drug-likeness (QED) is 0.406. The number of hydrogen-bond acceptors (Lipinski definition) is 7. The number of aryl methyl sites for hydroxylation is 2. The van der Waals surface area contributed by atoms with Crippen molar-refractivity contribution < 1.29 is 9.53 Å². The van der Waals surface area contributed by atoms with E-state index in [1.165, 1.54) is 10.7 Å². The summed E-state index contributed by atoms with van der Waals surface area (Å²) in [6.45, 7) is 6.12. The standard InChI is InChI=1S/C24H24N4O3S2/c1-15-6-4-7-18(14-15)31-17(3)23(30)25-11-12-28-21(29)10-9-19(27-28)22-16(2)26-24(33-22)20-8-5-13-32-20/h4-10,13-14,17H,11-12H2,1-3H3,(H,25,30). The van der Waals surface area contributed by atoms with Gasteiger partial charge in [0.15, 0.2) is 6.10 Å². The van der Waals surface area contributed by atoms with E-state index >= 15 is 0 Å². The molecule has 0 fully saturated rings. The maximum atomic E-state index is 12.4. The first-order chi connectivity index (χ1) is 15.9. The average molecular weight is 481 g/mol. The predicted molar refractivity (Wildman–Crippen MR) is 132 cm³/mol. The molecule has 4 rings (SSSR count). The minimum atomic E-state index is -0.654. The maximum Gasteiger partial charge on any atom is 0.266 e. The van der Waals surface area contributed by atoms with Gasteiger partial charge in [0, 0.05) is 12.6 Å². The molecule has 4 aromatic rings. The first-order valence-electron chi connectivity index (χ1n) is 10.5. The fourth-order valence-electron chi connectivity index (χ4n) is 3.24. The summed E-state index contributed by atoms with van der Waals surface area (Å²) in [6, 6.07) is 14.8. The summed E-state index contributed by atoms with van der Waals surface area (Å²) in [4.78, 5) is 31.4. The Bertz CT molecular complexity index is 1310. The maximum absolute atomic E-state index is 12.4. The van der Waals surface area contributed by atoms with Crippen LogP contribution in [0, 0.1) is 13.8 Å². The smallest absolute Gasteiger partial charge is 0.266 e. The van der Waals surface area contributed by atoms with Crippen molar-refractivity contribution in [3.63, 3.8) is 0 Å². The highest BCUT2D eigenvalue weighted by atomic mass is 32.1. The highest BCUT2D eigenvalue weighted by Crippen LogP contribution is 2.35. The Kier molecular flexibility index (Phi) is 7.00. The SMILES string of the molecule is Cc1cccc(OC(C)C(=O)NCCn2nc(-c3sc(-c4cccs4)nc3C)ccc2=O)c1. The minimum Gasteiger partial charge on any atom is -0.481 e. The zero-order chi connectivity index (χ0) is 23.4. The zero-order valence-electron chi connectivity index (χ0n) is 18.6. The molecule has 1 unspecified atom stereocenters. The lowest BCUT2D eigenvalue weighted by Crippen LogP contribution is -2.39. The van der Waals surface area contributed by atoms with Gasteiger partial charge in [0.25, 0.3) is 11.5 Å². The molecular weight excluding hydrogens is 456 g/mol. The Morgan fingerprint density at radius 3 is 2.79 bits per heavy atom. The number of aromatic nitrogens is 3. The van der Waals surface area contributed by atoms with E-state index in [1.807, 2.05) is 55.6 Å². The number of carbonyl (C=O) groups is 1. The lowest BCUT2D eigenvalue weighted by molar-refractivity contribution is -0.127. The molecule has 1 N–H and O–H groups in total. The number of nitrogens with one attached hydrogen (secondary N) is 1. The van der Waals surface area contributed by atoms with Gasteiger partial charge in [0.2, 0.25) is 0 Å². The van der Waals surface area contributed by atoms with Gasteiger partial charge in [-0.25, -0.2) is 9.67 Å². The normalized spacial score (nSPS) is 11.8. The van der Waals surface area contributed by atoms with Gasteiger partial charge >= 0.3 is 0 Å². The van der Waals surface area contributed by atoms with Gasteiger partial charge in [-0.2, -0.15) is 5.10 Å². The molecule has 0 saturated heterocycles. The Hall–Kier alpha value is -3.30. The Morgan fingerprint density at radius 1 is 1.18 bits per heavy atom. The summed E-state index contributed by atoms with van der Waals surface area (Å²) >= 11 is 3.19. The third-order valence-electron chi connectivity index (χ3n) is 4.92. The molecule has 1 amide bonds. The second-order valence-corrected chi connectivity index (χ2v) is 9.51. The van der Waals surface area contributed by atoms with E-state index in [0.29, 0.717) is 11.4 Å². The molecule has 33 heavy (non-hydrogen) atoms. The number of hydrogen-bond donors (Lipinski definition) is 1. The van der Waals surface area contributed by atoms with Crippen LogP contribution in [0.2, 0.25) is 0 Å². The van der Waals surface area contributed by atoms with E-state index in [4.69, 9.17) is 4.74 Å². The number of thiazole rings is 1. The fourth-order valence-corrected chi connectivity index (χ4v) is 5.07. The molecule has 3 aromatic heterocycles. The summed E-state index contributed by atoms with van der Waals surface area (Å²) in [5.74, 6) is 0.393. The lowest BCUT2D eigenvalue weighted by atomic mass is 10.2. The van der Waals surface area contributed by atoms with Gasteiger partial charge in [-0.15, -0.1) is 22.7 Å². The lowest BCUT2D eigenvalue weighted by Gasteiger charge is -2.15. The van der Waals surface area contributed by atoms with Gasteiger partial charge in [0.1, 0.15) is 16.5 Å². The van der Waals surface area contributed by atoms with Crippen molar-refractivity contribution in [3.05, 3.63) is 75.5 Å². The van der Waals surface area contributed by atoms with Crippen LogP contribution in [-0.4, -0.2) is 33.3 Å².